The molecule has 92 heavy (non-hydrogen) atoms. The van der Waals surface area contributed by atoms with Crippen molar-refractivity contribution in [2.45, 2.75) is 92.0 Å². The van der Waals surface area contributed by atoms with E-state index in [1.165, 1.54) is 82.9 Å². The van der Waals surface area contributed by atoms with Gasteiger partial charge in [-0.05, 0) is 140 Å². The Morgan fingerprint density at radius 1 is 0.413 bits per heavy atom. The van der Waals surface area contributed by atoms with Crippen molar-refractivity contribution in [2.75, 3.05) is 0 Å². The fourth-order valence-corrected chi connectivity index (χ4v) is 12.2. The van der Waals surface area contributed by atoms with E-state index in [0.29, 0.717) is 11.4 Å². The fourth-order valence-electron chi connectivity index (χ4n) is 12.2. The molecule has 0 aliphatic heterocycles. The number of benzene rings is 7. The van der Waals surface area contributed by atoms with Gasteiger partial charge in [0, 0.05) is 85.2 Å². The number of hydrogen-bond acceptors (Lipinski definition) is 7. The molecule has 14 heteroatoms. The van der Waals surface area contributed by atoms with Crippen LogP contribution in [0.3, 0.4) is 0 Å². The first-order chi connectivity index (χ1) is 42.8. The van der Waals surface area contributed by atoms with Gasteiger partial charge in [0.2, 0.25) is 17.1 Å². The van der Waals surface area contributed by atoms with E-state index < -0.39 is 0 Å². The van der Waals surface area contributed by atoms with E-state index in [9.17, 15) is 0 Å². The summed E-state index contributed by atoms with van der Waals surface area (Å²) < 4.78 is 35.0. The summed E-state index contributed by atoms with van der Waals surface area (Å²) in [7, 11) is 2.07. The van der Waals surface area contributed by atoms with Gasteiger partial charge in [-0.25, -0.2) is 0 Å². The minimum Gasteiger partial charge on any atom is -0.454 e. The van der Waals surface area contributed by atoms with Crippen LogP contribution in [0.5, 0.6) is 0 Å². The van der Waals surface area contributed by atoms with Crippen molar-refractivity contribution in [3.63, 3.8) is 0 Å². The van der Waals surface area contributed by atoms with Crippen LogP contribution in [0, 0.1) is 62.3 Å². The Morgan fingerprint density at radius 2 is 0.902 bits per heavy atom. The second-order valence-electron chi connectivity index (χ2n) is 22.5. The third-order valence-electron chi connectivity index (χ3n) is 16.6. The molecule has 468 valence electrons. The average Bonchev–Trinajstić information content (AvgIpc) is 1.47. The summed E-state index contributed by atoms with van der Waals surface area (Å²) in [4.78, 5) is 21.1. The lowest BCUT2D eigenvalue weighted by Gasteiger charge is -2.13. The Kier molecular flexibility index (Phi) is 17.9. The van der Waals surface area contributed by atoms with Crippen molar-refractivity contribution in [3.8, 4) is 5.69 Å². The summed E-state index contributed by atoms with van der Waals surface area (Å²) >= 11 is 0. The Balaban J connectivity index is 0.000000121. The zero-order valence-corrected chi connectivity index (χ0v) is 50.7. The van der Waals surface area contributed by atoms with Crippen molar-refractivity contribution in [2.24, 2.45) is 7.05 Å². The van der Waals surface area contributed by atoms with Gasteiger partial charge < -0.3 is 46.6 Å². The van der Waals surface area contributed by atoms with E-state index in [0.717, 1.165) is 89.6 Å². The number of nitrogens with one attached hydrogen (secondary N) is 4. The molecule has 19 rings (SSSR count). The molecular formula is C78H81N9O5. The maximum atomic E-state index is 5.73. The molecule has 0 amide bonds. The highest BCUT2D eigenvalue weighted by Crippen LogP contribution is 2.35. The number of fused-ring (bicyclic) bond motifs is 18. The molecule has 4 N–H and O–H groups in total. The van der Waals surface area contributed by atoms with Gasteiger partial charge in [-0.3, -0.25) is 8.97 Å². The number of para-hydroxylation sites is 7. The number of imidazole rings is 3. The van der Waals surface area contributed by atoms with Crippen LogP contribution in [0.25, 0.3) is 133 Å². The standard InChI is InChI=1S/C20H20N2.C12H11NO.2C11H9NO.2C10H8N2O.4CH4/c1-13-8-7-9-14(2)20(13)22-16(4)15(3)21-18-11-6-5-10-17(18)12-19(21)22;1-8-7-11-12(13(8)2)9-5-3-4-6-10(9)14-11;1-7-11-9(6-12-7)8-4-2-3-5-10(8)13-11;1-7-6-9-8-4-2-3-5-10(8)13-11(9)12-7;2*1-6-11-9-7-4-2-3-5-8(7)13-10(9)12-6;;;;/h5-12H,1-4H3;3-7H,1-2H3;2*2-6,12H,1H3;2*2-5H,1H3,(H,11,12);4*1H4. The van der Waals surface area contributed by atoms with Crippen LogP contribution in [0.1, 0.15) is 81.0 Å². The lowest BCUT2D eigenvalue weighted by atomic mass is 10.1. The second-order valence-corrected chi connectivity index (χ2v) is 22.5. The van der Waals surface area contributed by atoms with Crippen LogP contribution in [-0.2, 0) is 7.05 Å². The topological polar surface area (TPSA) is 169 Å². The summed E-state index contributed by atoms with van der Waals surface area (Å²) in [6, 6.07) is 61.7. The summed E-state index contributed by atoms with van der Waals surface area (Å²) in [5, 5.41) is 9.39. The quantitative estimate of drug-likeness (QED) is 0.127. The van der Waals surface area contributed by atoms with Gasteiger partial charge in [-0.2, -0.15) is 9.97 Å². The summed E-state index contributed by atoms with van der Waals surface area (Å²) in [5.41, 5.74) is 24.6. The monoisotopic (exact) mass is 1220 g/mol. The number of furan rings is 5. The van der Waals surface area contributed by atoms with Gasteiger partial charge in [0.25, 0.3) is 0 Å². The maximum Gasteiger partial charge on any atom is 0.245 e. The lowest BCUT2D eigenvalue weighted by Crippen LogP contribution is -2.02. The van der Waals surface area contributed by atoms with E-state index in [2.05, 4.69) is 164 Å². The number of aromatic amines is 4. The van der Waals surface area contributed by atoms with Crippen molar-refractivity contribution < 1.29 is 22.1 Å². The third-order valence-corrected chi connectivity index (χ3v) is 16.6. The summed E-state index contributed by atoms with van der Waals surface area (Å²) in [5.74, 6) is 1.78. The number of aromatic nitrogens is 9. The minimum atomic E-state index is 0. The molecule has 0 spiro atoms. The molecule has 0 atom stereocenters. The van der Waals surface area contributed by atoms with Crippen molar-refractivity contribution in [1.82, 2.24) is 43.4 Å². The molecular weight excluding hydrogens is 1140 g/mol. The summed E-state index contributed by atoms with van der Waals surface area (Å²) in [6.07, 6.45) is 2.00. The van der Waals surface area contributed by atoms with Crippen molar-refractivity contribution in [1.29, 1.82) is 0 Å². The van der Waals surface area contributed by atoms with Crippen LogP contribution >= 0.6 is 0 Å². The first-order valence-electron chi connectivity index (χ1n) is 29.4. The molecule has 0 bridgehead atoms. The highest BCUT2D eigenvalue weighted by atomic mass is 16.4. The zero-order chi connectivity index (χ0) is 60.5. The van der Waals surface area contributed by atoms with E-state index >= 15 is 0 Å². The lowest BCUT2D eigenvalue weighted by molar-refractivity contribution is 0.654. The van der Waals surface area contributed by atoms with Gasteiger partial charge in [0.1, 0.15) is 56.2 Å². The largest absolute Gasteiger partial charge is 0.454 e. The molecule has 0 fully saturated rings. The molecule has 0 saturated heterocycles. The predicted molar refractivity (Wildman–Crippen MR) is 384 cm³/mol. The highest BCUT2D eigenvalue weighted by molar-refractivity contribution is 6.07. The van der Waals surface area contributed by atoms with Crippen LogP contribution in [0.4, 0.5) is 0 Å². The zero-order valence-electron chi connectivity index (χ0n) is 50.7. The smallest absolute Gasteiger partial charge is 0.245 e. The molecule has 0 aliphatic rings. The minimum absolute atomic E-state index is 0. The first kappa shape index (κ1) is 63.9. The van der Waals surface area contributed by atoms with Gasteiger partial charge >= 0.3 is 0 Å². The van der Waals surface area contributed by atoms with E-state index in [4.69, 9.17) is 22.1 Å². The molecule has 19 aromatic rings. The normalized spacial score (nSPS) is 11.0. The average molecular weight is 1220 g/mol. The van der Waals surface area contributed by atoms with Crippen LogP contribution in [0.15, 0.2) is 210 Å². The van der Waals surface area contributed by atoms with Crippen LogP contribution in [-0.4, -0.2) is 43.4 Å². The van der Waals surface area contributed by atoms with Gasteiger partial charge in [-0.1, -0.05) is 139 Å². The maximum absolute atomic E-state index is 5.73. The number of nitrogens with zero attached hydrogens (tertiary/aromatic N) is 5. The fraction of sp³-hybridized carbons (Fsp3) is 0.179. The van der Waals surface area contributed by atoms with Crippen LogP contribution < -0.4 is 0 Å². The van der Waals surface area contributed by atoms with Gasteiger partial charge in [0.05, 0.1) is 22.4 Å². The van der Waals surface area contributed by atoms with Gasteiger partial charge in [-0.15, -0.1) is 0 Å². The van der Waals surface area contributed by atoms with E-state index in [1.54, 1.807) is 0 Å². The molecule has 0 unspecified atom stereocenters. The number of hydrogen-bond donors (Lipinski definition) is 4. The summed E-state index contributed by atoms with van der Waals surface area (Å²) in [6.45, 7) is 18.8. The van der Waals surface area contributed by atoms with Crippen molar-refractivity contribution >= 4 is 127 Å². The van der Waals surface area contributed by atoms with Gasteiger partial charge in [0.15, 0.2) is 11.2 Å². The first-order valence-corrected chi connectivity index (χ1v) is 29.4. The molecule has 7 aromatic carbocycles. The molecule has 0 aliphatic carbocycles. The second kappa shape index (κ2) is 25.8. The van der Waals surface area contributed by atoms with Crippen LogP contribution in [0.2, 0.25) is 0 Å². The Morgan fingerprint density at radius 3 is 1.49 bits per heavy atom. The Bertz CT molecular complexity index is 5450. The van der Waals surface area contributed by atoms with E-state index in [1.807, 2.05) is 137 Å². The van der Waals surface area contributed by atoms with Crippen molar-refractivity contribution in [3.05, 3.63) is 239 Å². The molecule has 0 saturated carbocycles. The number of aryl methyl sites for hydroxylation is 9. The molecule has 12 aromatic heterocycles. The number of H-pyrrole nitrogens is 4. The SMILES string of the molecule is C.C.C.C.Cc1[nH]cc2c1oc1ccccc12.Cc1cc2c([nH]1)oc1ccccc12.Cc1cc2oc3ccccc3c2n1C.Cc1cccc(C)c1-n1c(C)c(C)n2c3ccccc3cc12.Cc1nc2oc3ccccc3c2[nH]1.Cc1nc2oc3ccccc3c2[nH]1. The van der Waals surface area contributed by atoms with E-state index in [-0.39, 0.29) is 29.7 Å². The molecule has 14 nitrogen and oxygen atoms in total. The Labute approximate surface area is 534 Å². The third kappa shape index (κ3) is 11.3. The number of rotatable bonds is 1. The predicted octanol–water partition coefficient (Wildman–Crippen LogP) is 22.6. The Hall–Kier alpha value is -11.1. The molecule has 12 heterocycles. The molecule has 0 radical (unpaired) electrons. The highest BCUT2D eigenvalue weighted by Gasteiger charge is 2.19.